The third-order valence-electron chi connectivity index (χ3n) is 4.39. The lowest BCUT2D eigenvalue weighted by atomic mass is 10.1. The van der Waals surface area contributed by atoms with Gasteiger partial charge in [-0.2, -0.15) is 0 Å². The standard InChI is InChI=1S/C21H21ClN2O5/c1-2-28-18-9-5-16(6-10-18)23-19(25)13-29-21(27)14-11-20(26)24(12-14)17-7-3-15(22)4-8-17/h3-10,14H,2,11-13H2,1H3,(H,23,25). The third kappa shape index (κ3) is 5.48. The quantitative estimate of drug-likeness (QED) is 0.700. The van der Waals surface area contributed by atoms with Crippen LogP contribution < -0.4 is 15.0 Å². The van der Waals surface area contributed by atoms with Crippen LogP contribution in [0.25, 0.3) is 0 Å². The Morgan fingerprint density at radius 3 is 2.48 bits per heavy atom. The van der Waals surface area contributed by atoms with Gasteiger partial charge in [-0.05, 0) is 55.5 Å². The summed E-state index contributed by atoms with van der Waals surface area (Å²) in [4.78, 5) is 38.0. The number of hydrogen-bond donors (Lipinski definition) is 1. The SMILES string of the molecule is CCOc1ccc(NC(=O)COC(=O)C2CC(=O)N(c3ccc(Cl)cc3)C2)cc1. The van der Waals surface area contributed by atoms with Crippen molar-refractivity contribution in [3.05, 3.63) is 53.6 Å². The Morgan fingerprint density at radius 2 is 1.83 bits per heavy atom. The molecule has 0 radical (unpaired) electrons. The van der Waals surface area contributed by atoms with Gasteiger partial charge in [0.15, 0.2) is 6.61 Å². The van der Waals surface area contributed by atoms with Gasteiger partial charge in [0.1, 0.15) is 5.75 Å². The third-order valence-corrected chi connectivity index (χ3v) is 4.64. The molecule has 0 aliphatic carbocycles. The Bertz CT molecular complexity index is 883. The summed E-state index contributed by atoms with van der Waals surface area (Å²) in [6.45, 7) is 2.23. The highest BCUT2D eigenvalue weighted by Gasteiger charge is 2.36. The minimum absolute atomic E-state index is 0.0436. The van der Waals surface area contributed by atoms with Crippen LogP contribution in [0.2, 0.25) is 5.02 Å². The molecule has 0 saturated carbocycles. The molecule has 0 bridgehead atoms. The lowest BCUT2D eigenvalue weighted by Crippen LogP contribution is -2.28. The number of anilines is 2. The van der Waals surface area contributed by atoms with Crippen molar-refractivity contribution < 1.29 is 23.9 Å². The van der Waals surface area contributed by atoms with Gasteiger partial charge >= 0.3 is 5.97 Å². The van der Waals surface area contributed by atoms with Gasteiger partial charge in [0.2, 0.25) is 5.91 Å². The fourth-order valence-electron chi connectivity index (χ4n) is 2.99. The van der Waals surface area contributed by atoms with Gasteiger partial charge in [-0.15, -0.1) is 0 Å². The molecule has 2 aromatic rings. The van der Waals surface area contributed by atoms with E-state index < -0.39 is 24.4 Å². The minimum Gasteiger partial charge on any atom is -0.494 e. The smallest absolute Gasteiger partial charge is 0.311 e. The molecule has 152 valence electrons. The maximum absolute atomic E-state index is 12.3. The number of esters is 1. The predicted octanol–water partition coefficient (Wildman–Crippen LogP) is 3.27. The van der Waals surface area contributed by atoms with Gasteiger partial charge in [0, 0.05) is 29.4 Å². The van der Waals surface area contributed by atoms with Gasteiger partial charge in [-0.25, -0.2) is 0 Å². The molecule has 2 aromatic carbocycles. The van der Waals surface area contributed by atoms with Crippen molar-refractivity contribution in [2.75, 3.05) is 30.0 Å². The van der Waals surface area contributed by atoms with Crippen LogP contribution in [0.5, 0.6) is 5.75 Å². The van der Waals surface area contributed by atoms with E-state index in [1.54, 1.807) is 48.5 Å². The zero-order valence-corrected chi connectivity index (χ0v) is 16.6. The number of nitrogens with one attached hydrogen (secondary N) is 1. The second-order valence-electron chi connectivity index (χ2n) is 6.50. The van der Waals surface area contributed by atoms with Gasteiger partial charge in [0.05, 0.1) is 12.5 Å². The highest BCUT2D eigenvalue weighted by molar-refractivity contribution is 6.30. The van der Waals surface area contributed by atoms with Crippen LogP contribution in [-0.4, -0.2) is 37.5 Å². The van der Waals surface area contributed by atoms with Crippen LogP contribution in [0.1, 0.15) is 13.3 Å². The Hall–Kier alpha value is -3.06. The van der Waals surface area contributed by atoms with Crippen LogP contribution in [-0.2, 0) is 19.1 Å². The first kappa shape index (κ1) is 20.7. The summed E-state index contributed by atoms with van der Waals surface area (Å²) in [5, 5.41) is 3.21. The molecule has 1 saturated heterocycles. The van der Waals surface area contributed by atoms with Crippen LogP contribution in [0.3, 0.4) is 0 Å². The van der Waals surface area contributed by atoms with E-state index in [9.17, 15) is 14.4 Å². The van der Waals surface area contributed by atoms with Crippen molar-refractivity contribution in [2.45, 2.75) is 13.3 Å². The summed E-state index contributed by atoms with van der Waals surface area (Å²) in [5.41, 5.74) is 1.24. The second kappa shape index (κ2) is 9.43. The number of benzene rings is 2. The van der Waals surface area contributed by atoms with E-state index in [1.165, 1.54) is 4.90 Å². The first-order valence-corrected chi connectivity index (χ1v) is 9.59. The molecular weight excluding hydrogens is 396 g/mol. The molecule has 1 fully saturated rings. The molecule has 3 rings (SSSR count). The van der Waals surface area contributed by atoms with Crippen LogP contribution >= 0.6 is 11.6 Å². The molecule has 7 nitrogen and oxygen atoms in total. The van der Waals surface area contributed by atoms with E-state index in [1.807, 2.05) is 6.92 Å². The highest BCUT2D eigenvalue weighted by Crippen LogP contribution is 2.27. The van der Waals surface area contributed by atoms with Crippen LogP contribution in [0.15, 0.2) is 48.5 Å². The minimum atomic E-state index is -0.614. The molecule has 29 heavy (non-hydrogen) atoms. The molecular formula is C21H21ClN2O5. The van der Waals surface area contributed by atoms with Crippen molar-refractivity contribution in [2.24, 2.45) is 5.92 Å². The van der Waals surface area contributed by atoms with Gasteiger partial charge in [-0.3, -0.25) is 14.4 Å². The van der Waals surface area contributed by atoms with Crippen molar-refractivity contribution in [3.63, 3.8) is 0 Å². The zero-order chi connectivity index (χ0) is 20.8. The number of ether oxygens (including phenoxy) is 2. The van der Waals surface area contributed by atoms with Crippen molar-refractivity contribution in [3.8, 4) is 5.75 Å². The molecule has 1 N–H and O–H groups in total. The Labute approximate surface area is 173 Å². The number of hydrogen-bond acceptors (Lipinski definition) is 5. The Balaban J connectivity index is 1.48. The summed E-state index contributed by atoms with van der Waals surface area (Å²) in [6.07, 6.45) is 0.0436. The Kier molecular flexibility index (Phi) is 6.72. The van der Waals surface area contributed by atoms with Crippen LogP contribution in [0, 0.1) is 5.92 Å². The van der Waals surface area contributed by atoms with E-state index in [4.69, 9.17) is 21.1 Å². The summed E-state index contributed by atoms with van der Waals surface area (Å²) in [6, 6.07) is 13.7. The molecule has 1 aliphatic rings. The molecule has 1 aliphatic heterocycles. The molecule has 1 unspecified atom stereocenters. The maximum atomic E-state index is 12.3. The molecule has 1 heterocycles. The van der Waals surface area contributed by atoms with Gasteiger partial charge in [0.25, 0.3) is 5.91 Å². The molecule has 2 amide bonds. The maximum Gasteiger partial charge on any atom is 0.311 e. The topological polar surface area (TPSA) is 84.9 Å². The summed E-state index contributed by atoms with van der Waals surface area (Å²) < 4.78 is 10.4. The summed E-state index contributed by atoms with van der Waals surface area (Å²) in [5.74, 6) is -1.12. The summed E-state index contributed by atoms with van der Waals surface area (Å²) >= 11 is 5.86. The summed E-state index contributed by atoms with van der Waals surface area (Å²) in [7, 11) is 0. The highest BCUT2D eigenvalue weighted by atomic mass is 35.5. The van der Waals surface area contributed by atoms with Gasteiger partial charge in [-0.1, -0.05) is 11.6 Å². The van der Waals surface area contributed by atoms with Crippen molar-refractivity contribution in [1.82, 2.24) is 0 Å². The average molecular weight is 417 g/mol. The second-order valence-corrected chi connectivity index (χ2v) is 6.93. The largest absolute Gasteiger partial charge is 0.494 e. The van der Waals surface area contributed by atoms with E-state index in [0.717, 1.165) is 0 Å². The Morgan fingerprint density at radius 1 is 1.14 bits per heavy atom. The number of carbonyl (C=O) groups is 3. The number of halogens is 1. The first-order chi connectivity index (χ1) is 14.0. The predicted molar refractivity (Wildman–Crippen MR) is 109 cm³/mol. The fraction of sp³-hybridized carbons (Fsp3) is 0.286. The fourth-order valence-corrected chi connectivity index (χ4v) is 3.11. The normalized spacial score (nSPS) is 15.9. The number of carbonyl (C=O) groups excluding carboxylic acids is 3. The molecule has 0 aromatic heterocycles. The number of nitrogens with zero attached hydrogens (tertiary/aromatic N) is 1. The van der Waals surface area contributed by atoms with E-state index in [-0.39, 0.29) is 18.9 Å². The molecule has 0 spiro atoms. The van der Waals surface area contributed by atoms with E-state index >= 15 is 0 Å². The van der Waals surface area contributed by atoms with E-state index in [0.29, 0.717) is 28.8 Å². The number of rotatable bonds is 7. The van der Waals surface area contributed by atoms with Crippen LogP contribution in [0.4, 0.5) is 11.4 Å². The zero-order valence-electron chi connectivity index (χ0n) is 15.9. The van der Waals surface area contributed by atoms with Gasteiger partial charge < -0.3 is 19.7 Å². The lowest BCUT2D eigenvalue weighted by molar-refractivity contribution is -0.151. The van der Waals surface area contributed by atoms with Crippen molar-refractivity contribution in [1.29, 1.82) is 0 Å². The number of amides is 2. The van der Waals surface area contributed by atoms with Crippen molar-refractivity contribution >= 4 is 40.8 Å². The molecule has 8 heteroatoms. The molecule has 1 atom stereocenters. The first-order valence-electron chi connectivity index (χ1n) is 9.21. The lowest BCUT2D eigenvalue weighted by Gasteiger charge is -2.16. The van der Waals surface area contributed by atoms with E-state index in [2.05, 4.69) is 5.32 Å². The monoisotopic (exact) mass is 416 g/mol. The average Bonchev–Trinajstić information content (AvgIpc) is 3.10.